The molecule has 1 amide bonds. The molecule has 1 saturated heterocycles. The molecule has 2 bridgehead atoms. The summed E-state index contributed by atoms with van der Waals surface area (Å²) in [6.07, 6.45) is 2.72. The van der Waals surface area contributed by atoms with Gasteiger partial charge in [-0.05, 0) is 84.9 Å². The fourth-order valence-electron chi connectivity index (χ4n) is 7.80. The number of amides is 1. The first kappa shape index (κ1) is 29.2. The smallest absolute Gasteiger partial charge is 0.360 e. The standard InChI is InChI=1S/C35H37NO6S/c1-4-40-32(38)35(42-33(43)41-27-13-9-6-10-14-27)21-30-25-17-23(2)20-34(30,29-16-15-28(39-3)19-26(29)18-25)36(31(35)37)22-24-11-7-5-8-12-24/h5-16,19,23,25,30H,4,17-18,20-22H2,1-3H3/t23-,25-,30-,34-,35?/m1/s1. The fourth-order valence-corrected chi connectivity index (χ4v) is 8.04. The lowest BCUT2D eigenvalue weighted by Gasteiger charge is -2.63. The first-order chi connectivity index (χ1) is 20.8. The minimum Gasteiger partial charge on any atom is -0.497 e. The van der Waals surface area contributed by atoms with Gasteiger partial charge in [-0.1, -0.05) is 61.5 Å². The number of methoxy groups -OCH3 is 1. The molecule has 3 aliphatic rings. The molecule has 1 saturated carbocycles. The van der Waals surface area contributed by atoms with Crippen LogP contribution in [0.1, 0.15) is 49.8 Å². The van der Waals surface area contributed by atoms with Crippen molar-refractivity contribution in [1.29, 1.82) is 0 Å². The van der Waals surface area contributed by atoms with Crippen LogP contribution in [0.4, 0.5) is 0 Å². The Hall–Kier alpha value is -3.91. The highest BCUT2D eigenvalue weighted by Crippen LogP contribution is 2.61. The van der Waals surface area contributed by atoms with Gasteiger partial charge in [0.15, 0.2) is 0 Å². The number of para-hydroxylation sites is 1. The lowest BCUT2D eigenvalue weighted by molar-refractivity contribution is -0.204. The van der Waals surface area contributed by atoms with Gasteiger partial charge in [0.1, 0.15) is 11.5 Å². The number of rotatable bonds is 7. The lowest BCUT2D eigenvalue weighted by Crippen LogP contribution is -2.73. The average Bonchev–Trinajstić information content (AvgIpc) is 3.00. The van der Waals surface area contributed by atoms with Crippen molar-refractivity contribution in [3.8, 4) is 11.5 Å². The van der Waals surface area contributed by atoms with Crippen molar-refractivity contribution < 1.29 is 28.5 Å². The molecule has 3 aromatic carbocycles. The maximum Gasteiger partial charge on any atom is 0.360 e. The Morgan fingerprint density at radius 1 is 1.00 bits per heavy atom. The number of ether oxygens (including phenoxy) is 4. The van der Waals surface area contributed by atoms with Gasteiger partial charge in [-0.15, -0.1) is 0 Å². The van der Waals surface area contributed by atoms with E-state index >= 15 is 4.79 Å². The third kappa shape index (κ3) is 5.05. The minimum atomic E-state index is -1.98. The molecule has 0 aromatic heterocycles. The number of hydrogen-bond donors (Lipinski definition) is 0. The number of carbonyl (C=O) groups excluding carboxylic acids is 2. The van der Waals surface area contributed by atoms with Gasteiger partial charge in [0.25, 0.3) is 11.5 Å². The van der Waals surface area contributed by atoms with Gasteiger partial charge < -0.3 is 23.8 Å². The van der Waals surface area contributed by atoms with Crippen LogP contribution in [-0.4, -0.2) is 41.3 Å². The van der Waals surface area contributed by atoms with Crippen LogP contribution in [0.25, 0.3) is 0 Å². The highest BCUT2D eigenvalue weighted by molar-refractivity contribution is 7.79. The SMILES string of the molecule is CCOC(=O)C1(OC(=S)Oc2ccccc2)C[C@@H]2[C@H]3Cc4cc(OC)ccc4[C@@]2(C[C@H](C)C3)N(Cc2ccccc2)C1=O. The number of carbonyl (C=O) groups is 2. The van der Waals surface area contributed by atoms with Crippen LogP contribution >= 0.6 is 12.2 Å². The maximum absolute atomic E-state index is 15.1. The van der Waals surface area contributed by atoms with E-state index < -0.39 is 23.0 Å². The van der Waals surface area contributed by atoms with E-state index in [0.717, 1.165) is 36.1 Å². The van der Waals surface area contributed by atoms with Crippen molar-refractivity contribution in [3.63, 3.8) is 0 Å². The topological polar surface area (TPSA) is 74.3 Å². The van der Waals surface area contributed by atoms with Gasteiger partial charge >= 0.3 is 11.2 Å². The summed E-state index contributed by atoms with van der Waals surface area (Å²) in [6, 6.07) is 25.0. The number of hydrogen-bond acceptors (Lipinski definition) is 7. The number of likely N-dealkylation sites (tertiary alicyclic amines) is 1. The second-order valence-electron chi connectivity index (χ2n) is 12.0. The molecule has 0 N–H and O–H groups in total. The minimum absolute atomic E-state index is 0.0741. The summed E-state index contributed by atoms with van der Waals surface area (Å²) in [7, 11) is 1.67. The third-order valence-electron chi connectivity index (χ3n) is 9.38. The number of esters is 1. The van der Waals surface area contributed by atoms with E-state index in [-0.39, 0.29) is 30.1 Å². The molecule has 8 heteroatoms. The van der Waals surface area contributed by atoms with Crippen LogP contribution in [-0.2, 0) is 37.6 Å². The van der Waals surface area contributed by atoms with Crippen molar-refractivity contribution in [2.45, 2.75) is 57.2 Å². The van der Waals surface area contributed by atoms with Crippen molar-refractivity contribution in [2.75, 3.05) is 13.7 Å². The Balaban J connectivity index is 1.51. The predicted molar refractivity (Wildman–Crippen MR) is 165 cm³/mol. The van der Waals surface area contributed by atoms with Crippen LogP contribution in [0.2, 0.25) is 0 Å². The van der Waals surface area contributed by atoms with E-state index in [1.165, 1.54) is 5.56 Å². The van der Waals surface area contributed by atoms with Crippen molar-refractivity contribution in [2.24, 2.45) is 17.8 Å². The Kier molecular flexibility index (Phi) is 7.90. The highest BCUT2D eigenvalue weighted by atomic mass is 32.1. The van der Waals surface area contributed by atoms with Crippen molar-refractivity contribution in [3.05, 3.63) is 95.6 Å². The summed E-state index contributed by atoms with van der Waals surface area (Å²) in [5, 5.41) is -0.289. The molecular weight excluding hydrogens is 562 g/mol. The van der Waals surface area contributed by atoms with Crippen molar-refractivity contribution in [1.82, 2.24) is 4.90 Å². The molecule has 224 valence electrons. The van der Waals surface area contributed by atoms with E-state index in [9.17, 15) is 4.79 Å². The molecular formula is C35H37NO6S. The van der Waals surface area contributed by atoms with E-state index in [1.54, 1.807) is 26.2 Å². The number of fused-ring (bicyclic) bond motifs is 1. The molecule has 1 unspecified atom stereocenters. The Morgan fingerprint density at radius 2 is 1.72 bits per heavy atom. The van der Waals surface area contributed by atoms with E-state index in [1.807, 2.05) is 59.5 Å². The molecule has 5 atom stereocenters. The highest BCUT2D eigenvalue weighted by Gasteiger charge is 2.69. The molecule has 7 nitrogen and oxygen atoms in total. The molecule has 43 heavy (non-hydrogen) atoms. The third-order valence-corrected chi connectivity index (χ3v) is 9.55. The summed E-state index contributed by atoms with van der Waals surface area (Å²) in [4.78, 5) is 31.0. The fraction of sp³-hybridized carbons (Fsp3) is 0.400. The van der Waals surface area contributed by atoms with Crippen LogP contribution in [0.5, 0.6) is 11.5 Å². The van der Waals surface area contributed by atoms with E-state index in [0.29, 0.717) is 18.2 Å². The molecule has 1 aliphatic heterocycles. The van der Waals surface area contributed by atoms with E-state index in [2.05, 4.69) is 19.1 Å². The molecule has 0 radical (unpaired) electrons. The van der Waals surface area contributed by atoms with Crippen LogP contribution in [0, 0.1) is 17.8 Å². The van der Waals surface area contributed by atoms with Crippen molar-refractivity contribution >= 4 is 29.3 Å². The lowest BCUT2D eigenvalue weighted by atomic mass is 9.51. The second-order valence-corrected chi connectivity index (χ2v) is 12.3. The van der Waals surface area contributed by atoms with Crippen LogP contribution in [0.3, 0.4) is 0 Å². The summed E-state index contributed by atoms with van der Waals surface area (Å²) < 4.78 is 23.3. The Bertz CT molecular complexity index is 1510. The molecule has 6 rings (SSSR count). The average molecular weight is 600 g/mol. The Morgan fingerprint density at radius 3 is 2.42 bits per heavy atom. The molecule has 2 fully saturated rings. The largest absolute Gasteiger partial charge is 0.497 e. The zero-order valence-corrected chi connectivity index (χ0v) is 25.6. The summed E-state index contributed by atoms with van der Waals surface area (Å²) in [5.74, 6) is 0.564. The monoisotopic (exact) mass is 599 g/mol. The zero-order chi connectivity index (χ0) is 30.2. The van der Waals surface area contributed by atoms with Gasteiger partial charge in [0.05, 0.1) is 19.3 Å². The van der Waals surface area contributed by atoms with Gasteiger partial charge in [0.2, 0.25) is 0 Å². The molecule has 2 aliphatic carbocycles. The number of nitrogens with zero attached hydrogens (tertiary/aromatic N) is 1. The molecule has 1 heterocycles. The molecule has 3 aromatic rings. The zero-order valence-electron chi connectivity index (χ0n) is 24.8. The number of thiocarbonyl (C=S) groups is 1. The first-order valence-corrected chi connectivity index (χ1v) is 15.4. The van der Waals surface area contributed by atoms with Gasteiger partial charge in [-0.3, -0.25) is 4.79 Å². The van der Waals surface area contributed by atoms with Crippen LogP contribution < -0.4 is 9.47 Å². The Labute approximate surface area is 258 Å². The van der Waals surface area contributed by atoms with Crippen LogP contribution in [0.15, 0.2) is 78.9 Å². The number of benzene rings is 3. The second kappa shape index (κ2) is 11.6. The molecule has 0 spiro atoms. The first-order valence-electron chi connectivity index (χ1n) is 15.0. The quantitative estimate of drug-likeness (QED) is 0.181. The predicted octanol–water partition coefficient (Wildman–Crippen LogP) is 6.22. The van der Waals surface area contributed by atoms with Gasteiger partial charge in [-0.2, -0.15) is 0 Å². The summed E-state index contributed by atoms with van der Waals surface area (Å²) >= 11 is 5.53. The maximum atomic E-state index is 15.1. The van der Waals surface area contributed by atoms with Gasteiger partial charge in [0, 0.05) is 25.2 Å². The summed E-state index contributed by atoms with van der Waals surface area (Å²) in [6.45, 7) is 4.39. The normalized spacial score (nSPS) is 27.4. The summed E-state index contributed by atoms with van der Waals surface area (Å²) in [5.41, 5.74) is 0.642. The van der Waals surface area contributed by atoms with E-state index in [4.69, 9.17) is 31.2 Å². The number of piperidine rings is 1. The van der Waals surface area contributed by atoms with Gasteiger partial charge in [-0.25, -0.2) is 4.79 Å².